The number of rotatable bonds is 7. The molecule has 0 fully saturated rings. The fraction of sp³-hybridized carbons (Fsp3) is 0.0847. The third-order valence-electron chi connectivity index (χ3n) is 13.4. The van der Waals surface area contributed by atoms with Crippen LogP contribution in [0.2, 0.25) is 0 Å². The predicted molar refractivity (Wildman–Crippen MR) is 252 cm³/mol. The quantitative estimate of drug-likeness (QED) is 0.156. The van der Waals surface area contributed by atoms with Crippen LogP contribution in [0.4, 0.5) is 17.1 Å². The van der Waals surface area contributed by atoms with E-state index in [1.54, 1.807) is 0 Å². The summed E-state index contributed by atoms with van der Waals surface area (Å²) in [5.41, 5.74) is 22.2. The Hall–Kier alpha value is -7.22. The van der Waals surface area contributed by atoms with Crippen LogP contribution in [-0.4, -0.2) is 0 Å². The molecule has 1 nitrogen and oxygen atoms in total. The van der Waals surface area contributed by atoms with Crippen molar-refractivity contribution >= 4 is 17.1 Å². The molecule has 1 unspecified atom stereocenters. The highest BCUT2D eigenvalue weighted by Crippen LogP contribution is 2.57. The van der Waals surface area contributed by atoms with Crippen molar-refractivity contribution in [1.29, 1.82) is 0 Å². The molecule has 2 aliphatic rings. The van der Waals surface area contributed by atoms with Crippen molar-refractivity contribution in [2.24, 2.45) is 0 Å². The van der Waals surface area contributed by atoms with Crippen LogP contribution in [0.5, 0.6) is 0 Å². The van der Waals surface area contributed by atoms with E-state index in [0.29, 0.717) is 0 Å². The minimum absolute atomic E-state index is 0.124. The van der Waals surface area contributed by atoms with E-state index >= 15 is 0 Å². The first kappa shape index (κ1) is 35.9. The lowest BCUT2D eigenvalue weighted by Gasteiger charge is -2.31. The molecular weight excluding hydrogens is 723 g/mol. The second-order valence-electron chi connectivity index (χ2n) is 17.0. The van der Waals surface area contributed by atoms with Crippen LogP contribution in [-0.2, 0) is 10.8 Å². The van der Waals surface area contributed by atoms with Gasteiger partial charge >= 0.3 is 0 Å². The summed E-state index contributed by atoms with van der Waals surface area (Å²) in [6.07, 6.45) is 0. The van der Waals surface area contributed by atoms with Gasteiger partial charge in [0.05, 0.1) is 0 Å². The average molecular weight is 768 g/mol. The van der Waals surface area contributed by atoms with E-state index in [2.05, 4.69) is 244 Å². The molecule has 1 atom stereocenters. The molecule has 0 saturated carbocycles. The molecule has 0 aliphatic heterocycles. The molecule has 11 rings (SSSR count). The Morgan fingerprint density at radius 3 is 1.48 bits per heavy atom. The number of hydrogen-bond acceptors (Lipinski definition) is 1. The van der Waals surface area contributed by atoms with E-state index < -0.39 is 0 Å². The van der Waals surface area contributed by atoms with Crippen molar-refractivity contribution in [1.82, 2.24) is 0 Å². The van der Waals surface area contributed by atoms with Gasteiger partial charge < -0.3 is 4.90 Å². The Labute approximate surface area is 353 Å². The van der Waals surface area contributed by atoms with Gasteiger partial charge in [0.1, 0.15) is 0 Å². The highest BCUT2D eigenvalue weighted by molar-refractivity contribution is 5.96. The van der Waals surface area contributed by atoms with E-state index in [9.17, 15) is 0 Å². The topological polar surface area (TPSA) is 3.24 Å². The van der Waals surface area contributed by atoms with Gasteiger partial charge in [-0.15, -0.1) is 0 Å². The van der Waals surface area contributed by atoms with Crippen LogP contribution in [0, 0.1) is 0 Å². The lowest BCUT2D eigenvalue weighted by molar-refractivity contribution is 0.660. The second-order valence-corrected chi connectivity index (χ2v) is 17.0. The SMILES string of the molecule is CC1(C)c2ccccc2-c2ccc(N(c3ccc(-c4cccc(-c5ccccc5)c4)cc3)c3ccc4c(c3)C(C)(c3ccccc3)c3cccc(-c5ccccc5)c3-4)cc21. The van der Waals surface area contributed by atoms with E-state index in [1.807, 2.05) is 0 Å². The summed E-state index contributed by atoms with van der Waals surface area (Å²) in [4.78, 5) is 2.47. The van der Waals surface area contributed by atoms with Gasteiger partial charge in [-0.2, -0.15) is 0 Å². The third kappa shape index (κ3) is 5.61. The summed E-state index contributed by atoms with van der Waals surface area (Å²) in [5, 5.41) is 0. The van der Waals surface area contributed by atoms with Crippen LogP contribution in [0.1, 0.15) is 48.6 Å². The maximum atomic E-state index is 2.47. The Balaban J connectivity index is 1.09. The molecule has 286 valence electrons. The molecule has 1 heteroatoms. The molecule has 9 aromatic carbocycles. The number of fused-ring (bicyclic) bond motifs is 6. The van der Waals surface area contributed by atoms with Crippen LogP contribution in [0.3, 0.4) is 0 Å². The Morgan fingerprint density at radius 2 is 0.783 bits per heavy atom. The van der Waals surface area contributed by atoms with Gasteiger partial charge in [-0.3, -0.25) is 0 Å². The highest BCUT2D eigenvalue weighted by Gasteiger charge is 2.42. The maximum absolute atomic E-state index is 2.47. The molecule has 0 N–H and O–H groups in total. The zero-order chi connectivity index (χ0) is 40.4. The van der Waals surface area contributed by atoms with Crippen molar-refractivity contribution in [3.63, 3.8) is 0 Å². The Morgan fingerprint density at radius 1 is 0.300 bits per heavy atom. The average Bonchev–Trinajstić information content (AvgIpc) is 3.71. The number of hydrogen-bond donors (Lipinski definition) is 0. The molecule has 0 heterocycles. The first-order valence-corrected chi connectivity index (χ1v) is 21.1. The first-order valence-electron chi connectivity index (χ1n) is 21.1. The smallest absolute Gasteiger partial charge is 0.0465 e. The van der Waals surface area contributed by atoms with E-state index in [0.717, 1.165) is 17.1 Å². The maximum Gasteiger partial charge on any atom is 0.0465 e. The fourth-order valence-corrected chi connectivity index (χ4v) is 10.2. The molecule has 0 spiro atoms. The summed E-state index contributed by atoms with van der Waals surface area (Å²) >= 11 is 0. The van der Waals surface area contributed by atoms with Crippen LogP contribution < -0.4 is 4.90 Å². The zero-order valence-corrected chi connectivity index (χ0v) is 34.2. The molecule has 9 aromatic rings. The van der Waals surface area contributed by atoms with Gasteiger partial charge in [-0.05, 0) is 133 Å². The first-order chi connectivity index (χ1) is 29.4. The predicted octanol–water partition coefficient (Wildman–Crippen LogP) is 15.8. The van der Waals surface area contributed by atoms with Crippen molar-refractivity contribution in [2.75, 3.05) is 4.90 Å². The van der Waals surface area contributed by atoms with Gasteiger partial charge in [0.25, 0.3) is 0 Å². The van der Waals surface area contributed by atoms with Crippen molar-refractivity contribution < 1.29 is 0 Å². The highest BCUT2D eigenvalue weighted by atomic mass is 15.1. The summed E-state index contributed by atoms with van der Waals surface area (Å²) < 4.78 is 0. The second kappa shape index (κ2) is 14.0. The summed E-state index contributed by atoms with van der Waals surface area (Å²) in [6.45, 7) is 7.15. The number of nitrogens with zero attached hydrogens (tertiary/aromatic N) is 1. The summed E-state index contributed by atoms with van der Waals surface area (Å²) in [5.74, 6) is 0. The summed E-state index contributed by atoms with van der Waals surface area (Å²) in [7, 11) is 0. The van der Waals surface area contributed by atoms with Crippen LogP contribution >= 0.6 is 0 Å². The molecule has 60 heavy (non-hydrogen) atoms. The van der Waals surface area contributed by atoms with Crippen LogP contribution in [0.25, 0.3) is 55.6 Å². The molecule has 0 aromatic heterocycles. The van der Waals surface area contributed by atoms with Crippen molar-refractivity contribution in [3.05, 3.63) is 246 Å². The zero-order valence-electron chi connectivity index (χ0n) is 34.2. The molecule has 0 saturated heterocycles. The van der Waals surface area contributed by atoms with Crippen molar-refractivity contribution in [2.45, 2.75) is 31.6 Å². The summed E-state index contributed by atoms with van der Waals surface area (Å²) in [6, 6.07) is 80.7. The van der Waals surface area contributed by atoms with Gasteiger partial charge in [0, 0.05) is 27.9 Å². The molecular formula is C59H45N. The van der Waals surface area contributed by atoms with Gasteiger partial charge in [0.2, 0.25) is 0 Å². The Kier molecular flexibility index (Phi) is 8.36. The van der Waals surface area contributed by atoms with E-state index in [-0.39, 0.29) is 10.8 Å². The molecule has 2 aliphatic carbocycles. The van der Waals surface area contributed by atoms with E-state index in [4.69, 9.17) is 0 Å². The largest absolute Gasteiger partial charge is 0.310 e. The Bertz CT molecular complexity index is 3050. The minimum Gasteiger partial charge on any atom is -0.310 e. The molecule has 0 amide bonds. The van der Waals surface area contributed by atoms with Gasteiger partial charge in [-0.25, -0.2) is 0 Å². The third-order valence-corrected chi connectivity index (χ3v) is 13.4. The van der Waals surface area contributed by atoms with Gasteiger partial charge in [-0.1, -0.05) is 190 Å². The van der Waals surface area contributed by atoms with Crippen molar-refractivity contribution in [3.8, 4) is 55.6 Å². The standard InChI is InChI=1S/C59H45N/c1-58(2)53-27-14-13-25-50(53)51-35-33-47(38-55(51)58)60(46-31-29-41(30-32-46)44-22-15-21-43(37-44)40-17-7-4-8-18-40)48-34-36-52-56(39-48)59(3,45-23-11-6-12-24-45)54-28-16-26-49(57(52)54)42-19-9-5-10-20-42/h4-39H,1-3H3. The number of benzene rings is 9. The minimum atomic E-state index is -0.367. The van der Waals surface area contributed by atoms with E-state index in [1.165, 1.54) is 83.5 Å². The van der Waals surface area contributed by atoms with Crippen LogP contribution in [0.15, 0.2) is 218 Å². The molecule has 0 bridgehead atoms. The lowest BCUT2D eigenvalue weighted by Crippen LogP contribution is -2.23. The fourth-order valence-electron chi connectivity index (χ4n) is 10.2. The molecule has 0 radical (unpaired) electrons. The number of anilines is 3. The van der Waals surface area contributed by atoms with Gasteiger partial charge in [0.15, 0.2) is 0 Å². The monoisotopic (exact) mass is 767 g/mol. The normalized spacial score (nSPS) is 15.4. The lowest BCUT2D eigenvalue weighted by atomic mass is 9.74.